The van der Waals surface area contributed by atoms with E-state index < -0.39 is 29.7 Å². The molecule has 0 atom stereocenters. The van der Waals surface area contributed by atoms with Crippen LogP contribution in [-0.4, -0.2) is 46.1 Å². The van der Waals surface area contributed by atoms with E-state index in [2.05, 4.69) is 10.1 Å². The van der Waals surface area contributed by atoms with Gasteiger partial charge in [-0.05, 0) is 0 Å². The summed E-state index contributed by atoms with van der Waals surface area (Å²) < 4.78 is 5.60. The molecule has 126 valence electrons. The third kappa shape index (κ3) is 5.91. The quantitative estimate of drug-likeness (QED) is 0.504. The molecule has 9 heteroatoms. The molecule has 0 aromatic carbocycles. The summed E-state index contributed by atoms with van der Waals surface area (Å²) in [6, 6.07) is 1.02. The molecule has 0 aliphatic rings. The number of esters is 1. The summed E-state index contributed by atoms with van der Waals surface area (Å²) in [5.41, 5.74) is -0.510. The number of hydrogen-bond acceptors (Lipinski definition) is 7. The van der Waals surface area contributed by atoms with Gasteiger partial charge in [-0.25, -0.2) is 0 Å². The fraction of sp³-hybridized carbons (Fsp3) is 0.429. The van der Waals surface area contributed by atoms with Crippen molar-refractivity contribution in [3.8, 4) is 5.75 Å². The number of aromatic nitrogens is 1. The number of ether oxygens (including phenoxy) is 1. The Morgan fingerprint density at radius 3 is 2.61 bits per heavy atom. The van der Waals surface area contributed by atoms with Crippen LogP contribution in [0.1, 0.15) is 18.5 Å². The highest BCUT2D eigenvalue weighted by molar-refractivity contribution is 5.88. The molecule has 1 amide bonds. The average molecular weight is 326 g/mol. The van der Waals surface area contributed by atoms with Crippen LogP contribution in [0.3, 0.4) is 0 Å². The van der Waals surface area contributed by atoms with Crippen molar-refractivity contribution in [3.05, 3.63) is 28.2 Å². The Morgan fingerprint density at radius 2 is 2.00 bits per heavy atom. The van der Waals surface area contributed by atoms with E-state index in [0.717, 1.165) is 12.3 Å². The summed E-state index contributed by atoms with van der Waals surface area (Å²) in [5, 5.41) is 20.8. The van der Waals surface area contributed by atoms with Crippen LogP contribution < -0.4 is 10.7 Å². The molecule has 1 heterocycles. The second-order valence-electron chi connectivity index (χ2n) is 4.69. The number of amides is 1. The Morgan fingerprint density at radius 1 is 1.30 bits per heavy atom. The monoisotopic (exact) mass is 326 g/mol. The third-order valence-corrected chi connectivity index (χ3v) is 2.99. The summed E-state index contributed by atoms with van der Waals surface area (Å²) in [5.74, 6) is -1.95. The van der Waals surface area contributed by atoms with Crippen LogP contribution in [0.15, 0.2) is 17.1 Å². The first kappa shape index (κ1) is 18.4. The van der Waals surface area contributed by atoms with Gasteiger partial charge < -0.3 is 24.8 Å². The van der Waals surface area contributed by atoms with Crippen molar-refractivity contribution in [2.75, 3.05) is 13.7 Å². The minimum atomic E-state index is -0.663. The van der Waals surface area contributed by atoms with E-state index in [4.69, 9.17) is 5.11 Å². The van der Waals surface area contributed by atoms with Crippen LogP contribution in [0, 0.1) is 0 Å². The van der Waals surface area contributed by atoms with Gasteiger partial charge in [0.15, 0.2) is 11.5 Å². The molecule has 0 spiro atoms. The maximum Gasteiger partial charge on any atom is 0.305 e. The zero-order chi connectivity index (χ0) is 17.4. The maximum atomic E-state index is 11.8. The number of carbonyl (C=O) groups excluding carboxylic acids is 3. The number of nitrogens with zero attached hydrogens (tertiary/aromatic N) is 1. The molecule has 0 radical (unpaired) electrons. The highest BCUT2D eigenvalue weighted by Crippen LogP contribution is 2.05. The molecule has 0 saturated heterocycles. The standard InChI is InChI=1S/C14H18N2O7/c1-23-14(22)3-2-10(18)5-15-13(21)7-16-6-12(20)11(19)4-9(16)8-17/h4,6,17,20H,2-3,5,7-8H2,1H3,(H,15,21). The molecule has 1 aromatic heterocycles. The lowest BCUT2D eigenvalue weighted by Crippen LogP contribution is -2.33. The van der Waals surface area contributed by atoms with Crippen molar-refractivity contribution in [3.63, 3.8) is 0 Å². The van der Waals surface area contributed by atoms with Gasteiger partial charge in [-0.15, -0.1) is 0 Å². The van der Waals surface area contributed by atoms with Crippen molar-refractivity contribution in [2.24, 2.45) is 0 Å². The molecule has 9 nitrogen and oxygen atoms in total. The fourth-order valence-electron chi connectivity index (χ4n) is 1.73. The molecule has 23 heavy (non-hydrogen) atoms. The van der Waals surface area contributed by atoms with Crippen LogP contribution in [-0.2, 0) is 32.3 Å². The van der Waals surface area contributed by atoms with E-state index in [0.29, 0.717) is 0 Å². The van der Waals surface area contributed by atoms with Crippen molar-refractivity contribution < 1.29 is 29.3 Å². The zero-order valence-corrected chi connectivity index (χ0v) is 12.6. The number of hydrogen-bond donors (Lipinski definition) is 3. The molecule has 0 unspecified atom stereocenters. The van der Waals surface area contributed by atoms with E-state index in [1.165, 1.54) is 11.7 Å². The lowest BCUT2D eigenvalue weighted by Gasteiger charge is -2.12. The predicted octanol–water partition coefficient (Wildman–Crippen LogP) is -1.32. The molecule has 0 bridgehead atoms. The van der Waals surface area contributed by atoms with E-state index in [-0.39, 0.29) is 37.4 Å². The number of aliphatic hydroxyl groups excluding tert-OH is 1. The minimum Gasteiger partial charge on any atom is -0.503 e. The van der Waals surface area contributed by atoms with E-state index in [1.807, 2.05) is 0 Å². The lowest BCUT2D eigenvalue weighted by atomic mass is 10.2. The first-order chi connectivity index (χ1) is 10.9. The van der Waals surface area contributed by atoms with Gasteiger partial charge in [-0.2, -0.15) is 0 Å². The molecule has 0 saturated carbocycles. The molecular weight excluding hydrogens is 308 g/mol. The van der Waals surface area contributed by atoms with Gasteiger partial charge in [-0.1, -0.05) is 0 Å². The SMILES string of the molecule is COC(=O)CCC(=O)CNC(=O)Cn1cc(O)c(=O)cc1CO. The lowest BCUT2D eigenvalue weighted by molar-refractivity contribution is -0.141. The van der Waals surface area contributed by atoms with E-state index in [9.17, 15) is 24.3 Å². The first-order valence-electron chi connectivity index (χ1n) is 6.75. The van der Waals surface area contributed by atoms with Crippen LogP contribution in [0.4, 0.5) is 0 Å². The van der Waals surface area contributed by atoms with Gasteiger partial charge in [0.2, 0.25) is 11.3 Å². The van der Waals surface area contributed by atoms with Gasteiger partial charge in [0.25, 0.3) is 0 Å². The molecule has 1 aromatic rings. The van der Waals surface area contributed by atoms with Gasteiger partial charge in [0.05, 0.1) is 32.9 Å². The van der Waals surface area contributed by atoms with Crippen LogP contribution in [0.2, 0.25) is 0 Å². The summed E-state index contributed by atoms with van der Waals surface area (Å²) in [7, 11) is 1.22. The summed E-state index contributed by atoms with van der Waals surface area (Å²) in [6.45, 7) is -1.02. The number of rotatable bonds is 8. The van der Waals surface area contributed by atoms with Gasteiger partial charge >= 0.3 is 5.97 Å². The van der Waals surface area contributed by atoms with Crippen molar-refractivity contribution >= 4 is 17.7 Å². The highest BCUT2D eigenvalue weighted by Gasteiger charge is 2.11. The number of aromatic hydroxyl groups is 1. The minimum absolute atomic E-state index is 0.0480. The predicted molar refractivity (Wildman–Crippen MR) is 77.6 cm³/mol. The van der Waals surface area contributed by atoms with Crippen molar-refractivity contribution in [2.45, 2.75) is 26.0 Å². The topological polar surface area (TPSA) is 135 Å². The second-order valence-corrected chi connectivity index (χ2v) is 4.69. The van der Waals surface area contributed by atoms with E-state index in [1.54, 1.807) is 0 Å². The van der Waals surface area contributed by atoms with Crippen LogP contribution in [0.25, 0.3) is 0 Å². The Bertz CT molecular complexity index is 651. The van der Waals surface area contributed by atoms with Gasteiger partial charge in [0.1, 0.15) is 6.54 Å². The number of carbonyl (C=O) groups is 3. The first-order valence-corrected chi connectivity index (χ1v) is 6.75. The van der Waals surface area contributed by atoms with Crippen LogP contribution in [0.5, 0.6) is 5.75 Å². The maximum absolute atomic E-state index is 11.8. The van der Waals surface area contributed by atoms with Gasteiger partial charge in [0, 0.05) is 18.2 Å². The summed E-state index contributed by atoms with van der Waals surface area (Å²) >= 11 is 0. The summed E-state index contributed by atoms with van der Waals surface area (Å²) in [6.07, 6.45) is 0.924. The second kappa shape index (κ2) is 8.69. The van der Waals surface area contributed by atoms with Gasteiger partial charge in [-0.3, -0.25) is 19.2 Å². The Labute approximate surface area is 131 Å². The number of Topliss-reactive ketones (excluding diaryl/α,β-unsaturated/α-hetero) is 1. The Hall–Kier alpha value is -2.68. The highest BCUT2D eigenvalue weighted by atomic mass is 16.5. The normalized spacial score (nSPS) is 10.2. The Balaban J connectivity index is 2.54. The van der Waals surface area contributed by atoms with E-state index >= 15 is 0 Å². The molecule has 0 aliphatic heterocycles. The number of nitrogens with one attached hydrogen (secondary N) is 1. The fourth-order valence-corrected chi connectivity index (χ4v) is 1.73. The molecular formula is C14H18N2O7. The average Bonchev–Trinajstić information content (AvgIpc) is 2.53. The molecule has 1 rings (SSSR count). The molecule has 0 fully saturated rings. The zero-order valence-electron chi connectivity index (χ0n) is 12.6. The number of pyridine rings is 1. The smallest absolute Gasteiger partial charge is 0.305 e. The summed E-state index contributed by atoms with van der Waals surface area (Å²) in [4.78, 5) is 45.4. The largest absolute Gasteiger partial charge is 0.503 e. The number of methoxy groups -OCH3 is 1. The van der Waals surface area contributed by atoms with Crippen molar-refractivity contribution in [1.29, 1.82) is 0 Å². The molecule has 0 aliphatic carbocycles. The Kier molecular flexibility index (Phi) is 6.94. The third-order valence-electron chi connectivity index (χ3n) is 2.99. The molecule has 3 N–H and O–H groups in total. The number of ketones is 1. The van der Waals surface area contributed by atoms with Crippen LogP contribution >= 0.6 is 0 Å². The number of aliphatic hydroxyl groups is 1. The van der Waals surface area contributed by atoms with Crippen molar-refractivity contribution in [1.82, 2.24) is 9.88 Å².